The predicted octanol–water partition coefficient (Wildman–Crippen LogP) is 5.01. The first-order valence-corrected chi connectivity index (χ1v) is 12.0. The molecule has 1 N–H and O–H groups in total. The third-order valence-electron chi connectivity index (χ3n) is 5.57. The van der Waals surface area contributed by atoms with Crippen LogP contribution in [0.1, 0.15) is 17.0 Å². The maximum atomic E-state index is 13.3. The smallest absolute Gasteiger partial charge is 0.297 e. The molecule has 0 saturated heterocycles. The molecule has 0 aliphatic carbocycles. The maximum absolute atomic E-state index is 13.3. The number of rotatable bonds is 4. The number of nitrogens with one attached hydrogen (secondary N) is 1. The highest BCUT2D eigenvalue weighted by molar-refractivity contribution is 9.10. The van der Waals surface area contributed by atoms with Crippen LogP contribution in [-0.2, 0) is 7.05 Å². The van der Waals surface area contributed by atoms with Gasteiger partial charge in [-0.2, -0.15) is 5.10 Å². The number of thiazole rings is 1. The topological polar surface area (TPSA) is 72.4 Å². The summed E-state index contributed by atoms with van der Waals surface area (Å²) in [6.45, 7) is 3.87. The molecule has 0 aliphatic rings. The molecule has 0 atom stereocenters. The normalized spacial score (nSPS) is 12.4. The lowest BCUT2D eigenvalue weighted by Crippen LogP contribution is -2.19. The van der Waals surface area contributed by atoms with E-state index in [1.165, 1.54) is 11.3 Å². The summed E-state index contributed by atoms with van der Waals surface area (Å²) < 4.78 is 6.23. The average molecular weight is 521 g/mol. The Morgan fingerprint density at radius 2 is 1.91 bits per heavy atom. The van der Waals surface area contributed by atoms with Crippen molar-refractivity contribution in [3.8, 4) is 5.69 Å². The molecule has 0 radical (unpaired) electrons. The zero-order valence-corrected chi connectivity index (χ0v) is 20.7. The molecule has 7 nitrogen and oxygen atoms in total. The van der Waals surface area contributed by atoms with Gasteiger partial charge in [0.15, 0.2) is 5.69 Å². The van der Waals surface area contributed by atoms with Crippen LogP contribution in [0.15, 0.2) is 79.5 Å². The Bertz CT molecular complexity index is 1630. The van der Waals surface area contributed by atoms with Crippen LogP contribution in [-0.4, -0.2) is 25.2 Å². The molecule has 5 aromatic rings. The second kappa shape index (κ2) is 8.49. The van der Waals surface area contributed by atoms with Gasteiger partial charge in [0.1, 0.15) is 0 Å². The molecular weight excluding hydrogens is 500 g/mol. The standard InChI is InChI=1S/C24H21BrN6OS/c1-15-14-33-24(30(15)27-13-17-12-26-21-10-9-18(25)11-20(17)21)28-22-16(2)29(3)31(23(22)32)19-7-5-4-6-8-19/h4-14,26H,1-3H3. The van der Waals surface area contributed by atoms with Crippen molar-refractivity contribution in [3.63, 3.8) is 0 Å². The zero-order chi connectivity index (χ0) is 23.1. The van der Waals surface area contributed by atoms with E-state index in [0.717, 1.165) is 38.0 Å². The molecule has 5 rings (SSSR count). The minimum atomic E-state index is -0.163. The summed E-state index contributed by atoms with van der Waals surface area (Å²) in [5, 5.41) is 7.74. The van der Waals surface area contributed by atoms with Gasteiger partial charge in [0.05, 0.1) is 23.3 Å². The minimum absolute atomic E-state index is 0.163. The van der Waals surface area contributed by atoms with Crippen molar-refractivity contribution in [2.24, 2.45) is 17.1 Å². The van der Waals surface area contributed by atoms with E-state index in [2.05, 4.69) is 32.1 Å². The van der Waals surface area contributed by atoms with Gasteiger partial charge in [0, 0.05) is 39.6 Å². The van der Waals surface area contributed by atoms with Gasteiger partial charge in [0.2, 0.25) is 4.80 Å². The van der Waals surface area contributed by atoms with E-state index >= 15 is 0 Å². The molecular formula is C24H21BrN6OS. The molecule has 0 unspecified atom stereocenters. The monoisotopic (exact) mass is 520 g/mol. The van der Waals surface area contributed by atoms with Gasteiger partial charge in [-0.15, -0.1) is 11.3 Å². The molecule has 33 heavy (non-hydrogen) atoms. The van der Waals surface area contributed by atoms with E-state index < -0.39 is 0 Å². The minimum Gasteiger partial charge on any atom is -0.361 e. The molecule has 3 heterocycles. The van der Waals surface area contributed by atoms with Crippen LogP contribution in [0.5, 0.6) is 0 Å². The van der Waals surface area contributed by atoms with E-state index in [4.69, 9.17) is 4.99 Å². The highest BCUT2D eigenvalue weighted by Crippen LogP contribution is 2.22. The molecule has 9 heteroatoms. The number of aryl methyl sites for hydroxylation is 1. The number of hydrogen-bond acceptors (Lipinski definition) is 4. The van der Waals surface area contributed by atoms with Crippen LogP contribution in [0.4, 0.5) is 5.69 Å². The SMILES string of the molecule is Cc1csc(=Nc2c(C)n(C)n(-c3ccccc3)c2=O)n1N=Cc1c[nH]c2ccc(Br)cc12. The third kappa shape index (κ3) is 3.83. The quantitative estimate of drug-likeness (QED) is 0.332. The zero-order valence-electron chi connectivity index (χ0n) is 18.3. The number of halogens is 1. The van der Waals surface area contributed by atoms with Gasteiger partial charge in [0.25, 0.3) is 5.56 Å². The maximum Gasteiger partial charge on any atom is 0.297 e. The first-order valence-electron chi connectivity index (χ1n) is 10.3. The fourth-order valence-corrected chi connectivity index (χ4v) is 4.89. The van der Waals surface area contributed by atoms with E-state index in [1.807, 2.05) is 85.8 Å². The number of aromatic amines is 1. The molecule has 166 valence electrons. The Balaban J connectivity index is 1.60. The molecule has 0 fully saturated rings. The lowest BCUT2D eigenvalue weighted by atomic mass is 10.2. The van der Waals surface area contributed by atoms with Crippen molar-refractivity contribution in [1.29, 1.82) is 0 Å². The van der Waals surface area contributed by atoms with Crippen molar-refractivity contribution in [2.45, 2.75) is 13.8 Å². The van der Waals surface area contributed by atoms with Gasteiger partial charge in [-0.3, -0.25) is 9.48 Å². The Morgan fingerprint density at radius 1 is 1.12 bits per heavy atom. The molecule has 0 bridgehead atoms. The summed E-state index contributed by atoms with van der Waals surface area (Å²) in [6, 6.07) is 15.6. The van der Waals surface area contributed by atoms with E-state index in [0.29, 0.717) is 10.5 Å². The van der Waals surface area contributed by atoms with Crippen LogP contribution in [0.25, 0.3) is 16.6 Å². The van der Waals surface area contributed by atoms with Crippen LogP contribution in [0.3, 0.4) is 0 Å². The number of para-hydroxylation sites is 1. The molecule has 3 aromatic heterocycles. The van der Waals surface area contributed by atoms with Gasteiger partial charge in [-0.25, -0.2) is 14.4 Å². The second-order valence-electron chi connectivity index (χ2n) is 7.67. The summed E-state index contributed by atoms with van der Waals surface area (Å²) in [4.78, 5) is 21.9. The van der Waals surface area contributed by atoms with Crippen molar-refractivity contribution >= 4 is 50.1 Å². The number of aromatic nitrogens is 4. The molecule has 0 spiro atoms. The van der Waals surface area contributed by atoms with Gasteiger partial charge in [-0.05, 0) is 44.2 Å². The average Bonchev–Trinajstić information content (AvgIpc) is 3.44. The highest BCUT2D eigenvalue weighted by Gasteiger charge is 2.16. The number of hydrogen-bond donors (Lipinski definition) is 1. The number of nitrogens with zero attached hydrogens (tertiary/aromatic N) is 5. The molecule has 2 aromatic carbocycles. The largest absolute Gasteiger partial charge is 0.361 e. The van der Waals surface area contributed by atoms with Crippen molar-refractivity contribution < 1.29 is 0 Å². The van der Waals surface area contributed by atoms with Crippen molar-refractivity contribution in [1.82, 2.24) is 19.0 Å². The highest BCUT2D eigenvalue weighted by atomic mass is 79.9. The Kier molecular flexibility index (Phi) is 5.51. The first-order chi connectivity index (χ1) is 15.9. The van der Waals surface area contributed by atoms with Crippen LogP contribution in [0, 0.1) is 13.8 Å². The first kappa shape index (κ1) is 21.4. The Hall–Kier alpha value is -3.43. The summed E-state index contributed by atoms with van der Waals surface area (Å²) in [6.07, 6.45) is 3.74. The van der Waals surface area contributed by atoms with Crippen LogP contribution < -0.4 is 10.4 Å². The van der Waals surface area contributed by atoms with Crippen LogP contribution in [0.2, 0.25) is 0 Å². The summed E-state index contributed by atoms with van der Waals surface area (Å²) >= 11 is 4.98. The van der Waals surface area contributed by atoms with E-state index in [1.54, 1.807) is 9.36 Å². The molecule has 0 amide bonds. The van der Waals surface area contributed by atoms with E-state index in [-0.39, 0.29) is 5.56 Å². The predicted molar refractivity (Wildman–Crippen MR) is 137 cm³/mol. The molecule has 0 saturated carbocycles. The van der Waals surface area contributed by atoms with Crippen LogP contribution >= 0.6 is 27.3 Å². The van der Waals surface area contributed by atoms with Crippen molar-refractivity contribution in [3.05, 3.63) is 96.7 Å². The fraction of sp³-hybridized carbons (Fsp3) is 0.125. The summed E-state index contributed by atoms with van der Waals surface area (Å²) in [7, 11) is 1.86. The molecule has 0 aliphatic heterocycles. The number of benzene rings is 2. The van der Waals surface area contributed by atoms with Gasteiger partial charge < -0.3 is 4.98 Å². The van der Waals surface area contributed by atoms with Crippen molar-refractivity contribution in [2.75, 3.05) is 0 Å². The Labute approximate surface area is 202 Å². The van der Waals surface area contributed by atoms with Gasteiger partial charge >= 0.3 is 0 Å². The lowest BCUT2D eigenvalue weighted by Gasteiger charge is -2.07. The third-order valence-corrected chi connectivity index (χ3v) is 7.00. The summed E-state index contributed by atoms with van der Waals surface area (Å²) in [5.41, 5.74) is 4.77. The number of fused-ring (bicyclic) bond motifs is 1. The fourth-order valence-electron chi connectivity index (χ4n) is 3.72. The Morgan fingerprint density at radius 3 is 2.70 bits per heavy atom. The lowest BCUT2D eigenvalue weighted by molar-refractivity contribution is 0.630. The summed E-state index contributed by atoms with van der Waals surface area (Å²) in [5.74, 6) is 0. The number of H-pyrrole nitrogens is 1. The van der Waals surface area contributed by atoms with Gasteiger partial charge in [-0.1, -0.05) is 34.1 Å². The van der Waals surface area contributed by atoms with E-state index in [9.17, 15) is 4.79 Å². The second-order valence-corrected chi connectivity index (χ2v) is 9.42.